The molecule has 0 saturated heterocycles. The normalized spacial score (nSPS) is 34.8. The van der Waals surface area contributed by atoms with Crippen LogP contribution in [0, 0.1) is 56.7 Å². The summed E-state index contributed by atoms with van der Waals surface area (Å²) in [5.41, 5.74) is 0.595. The van der Waals surface area contributed by atoms with Gasteiger partial charge in [-0.3, -0.25) is 9.59 Å². The highest BCUT2D eigenvalue weighted by atomic mass is 16.6. The molecule has 1 N–H and O–H groups in total. The van der Waals surface area contributed by atoms with Crippen molar-refractivity contribution in [3.63, 3.8) is 0 Å². The lowest BCUT2D eigenvalue weighted by Gasteiger charge is -2.69. The number of ketones is 1. The maximum absolute atomic E-state index is 14.6. The van der Waals surface area contributed by atoms with Crippen LogP contribution in [0.4, 0.5) is 11.4 Å². The van der Waals surface area contributed by atoms with E-state index in [2.05, 4.69) is 54.5 Å². The Morgan fingerprint density at radius 3 is 1.74 bits per heavy atom. The van der Waals surface area contributed by atoms with Gasteiger partial charge in [0.25, 0.3) is 0 Å². The Morgan fingerprint density at radius 1 is 0.754 bits per heavy atom. The van der Waals surface area contributed by atoms with Crippen molar-refractivity contribution in [1.29, 1.82) is 0 Å². The zero-order valence-corrected chi connectivity index (χ0v) is 36.6. The van der Waals surface area contributed by atoms with Gasteiger partial charge < -0.3 is 24.4 Å². The van der Waals surface area contributed by atoms with Gasteiger partial charge >= 0.3 is 17.9 Å². The van der Waals surface area contributed by atoms with Crippen LogP contribution in [0.5, 0.6) is 0 Å². The van der Waals surface area contributed by atoms with E-state index >= 15 is 0 Å². The summed E-state index contributed by atoms with van der Waals surface area (Å²) in [6.07, 6.45) is 3.64. The van der Waals surface area contributed by atoms with Crippen molar-refractivity contribution in [3.05, 3.63) is 71.3 Å². The standard InChI is InChI=1S/C48H66N2O7/c1-28(2)29(3)48(9)38(51)27-47(8)35-22-23-37-44(4,5)40(57-43(55)31-16-20-33(21-17-31)50(12)13)36(56-42(54)30-14-18-32(19-15-30)49(10)11)26-45(37,6)34(35)24-25-46(47,7)39(48)41(52)53/h14-21,24,28-29,35-37,39-40H,22-23,25-27H2,1-13H3,(H,52,53)/t29-,35+,36-,37+,39+,40+,45-,46+,47-,48+/m1/s1. The van der Waals surface area contributed by atoms with Crippen molar-refractivity contribution in [2.45, 2.75) is 107 Å². The minimum absolute atomic E-state index is 0.0396. The zero-order valence-electron chi connectivity index (χ0n) is 36.6. The lowest BCUT2D eigenvalue weighted by atomic mass is 9.34. The van der Waals surface area contributed by atoms with Crippen molar-refractivity contribution in [1.82, 2.24) is 0 Å². The van der Waals surface area contributed by atoms with Crippen molar-refractivity contribution in [3.8, 4) is 0 Å². The molecule has 4 aliphatic carbocycles. The number of hydrogen-bond donors (Lipinski definition) is 1. The second kappa shape index (κ2) is 14.6. The van der Waals surface area contributed by atoms with Crippen molar-refractivity contribution < 1.29 is 33.8 Å². The number of carboxylic acids is 1. The number of ether oxygens (including phenoxy) is 2. The van der Waals surface area contributed by atoms with Crippen LogP contribution in [-0.4, -0.2) is 69.2 Å². The molecule has 9 heteroatoms. The number of rotatable bonds is 9. The third-order valence-electron chi connectivity index (χ3n) is 16.3. The van der Waals surface area contributed by atoms with Crippen LogP contribution in [-0.2, 0) is 19.1 Å². The molecular formula is C48H66N2O7. The average molecular weight is 783 g/mol. The fourth-order valence-corrected chi connectivity index (χ4v) is 12.4. The van der Waals surface area contributed by atoms with Crippen LogP contribution in [0.1, 0.15) is 115 Å². The molecule has 57 heavy (non-hydrogen) atoms. The third-order valence-corrected chi connectivity index (χ3v) is 16.3. The number of carbonyl (C=O) groups excluding carboxylic acids is 3. The number of aliphatic carboxylic acids is 1. The highest BCUT2D eigenvalue weighted by molar-refractivity contribution is 5.93. The SMILES string of the molecule is CC(C)[C@@H](C)[C@@]1(C)C(=O)C[C@]2(C)[C@H]3CC[C@H]4C(C)(C)[C@@H](OC(=O)c5ccc(N(C)C)cc5)[C@H](OC(=O)c5ccc(N(C)C)cc5)C[C@]4(C)C3=CC[C@@]2(C)[C@@H]1C(=O)O. The van der Waals surface area contributed by atoms with Gasteiger partial charge in [-0.25, -0.2) is 9.59 Å². The summed E-state index contributed by atoms with van der Waals surface area (Å²) >= 11 is 0. The first kappa shape index (κ1) is 42.5. The molecule has 0 heterocycles. The molecule has 4 aliphatic rings. The van der Waals surface area contributed by atoms with Gasteiger partial charge in [0.2, 0.25) is 0 Å². The summed E-state index contributed by atoms with van der Waals surface area (Å²) in [6.45, 7) is 19.0. The summed E-state index contributed by atoms with van der Waals surface area (Å²) in [6, 6.07) is 14.6. The summed E-state index contributed by atoms with van der Waals surface area (Å²) in [5, 5.41) is 11.1. The molecule has 310 valence electrons. The van der Waals surface area contributed by atoms with Crippen LogP contribution in [0.15, 0.2) is 60.2 Å². The minimum Gasteiger partial charge on any atom is -0.481 e. The van der Waals surface area contributed by atoms with Crippen molar-refractivity contribution in [2.75, 3.05) is 38.0 Å². The van der Waals surface area contributed by atoms with Gasteiger partial charge in [0.05, 0.1) is 17.0 Å². The molecule has 0 aromatic heterocycles. The lowest BCUT2D eigenvalue weighted by Crippen LogP contribution is -2.68. The van der Waals surface area contributed by atoms with Crippen LogP contribution < -0.4 is 9.80 Å². The molecule has 3 saturated carbocycles. The molecule has 0 bridgehead atoms. The lowest BCUT2D eigenvalue weighted by molar-refractivity contribution is -0.203. The van der Waals surface area contributed by atoms with Gasteiger partial charge in [0.1, 0.15) is 18.0 Å². The fraction of sp³-hybridized carbons (Fsp3) is 0.625. The predicted octanol–water partition coefficient (Wildman–Crippen LogP) is 9.35. The molecule has 0 unspecified atom stereocenters. The number of esters is 2. The number of nitrogens with zero attached hydrogens (tertiary/aromatic N) is 2. The Kier molecular flexibility index (Phi) is 10.9. The topological polar surface area (TPSA) is 113 Å². The quantitative estimate of drug-likeness (QED) is 0.196. The number of benzene rings is 2. The number of carboxylic acid groups (broad SMARTS) is 1. The smallest absolute Gasteiger partial charge is 0.338 e. The van der Waals surface area contributed by atoms with E-state index in [0.29, 0.717) is 30.4 Å². The van der Waals surface area contributed by atoms with Crippen molar-refractivity contribution in [2.24, 2.45) is 56.7 Å². The Balaban J connectivity index is 1.41. The first-order valence-electron chi connectivity index (χ1n) is 20.9. The van der Waals surface area contributed by atoms with E-state index in [4.69, 9.17) is 9.47 Å². The van der Waals surface area contributed by atoms with E-state index in [-0.39, 0.29) is 29.5 Å². The summed E-state index contributed by atoms with van der Waals surface area (Å²) < 4.78 is 13.0. The predicted molar refractivity (Wildman–Crippen MR) is 224 cm³/mol. The number of hydrogen-bond acceptors (Lipinski definition) is 8. The number of allylic oxidation sites excluding steroid dienone is 2. The number of Topliss-reactive ketones (excluding diaryl/α,β-unsaturated/α-hetero) is 1. The third kappa shape index (κ3) is 6.59. The van der Waals surface area contributed by atoms with Crippen molar-refractivity contribution >= 4 is 35.1 Å². The van der Waals surface area contributed by atoms with E-state index in [1.54, 1.807) is 24.3 Å². The molecule has 0 aliphatic heterocycles. The Hall–Kier alpha value is -4.14. The second-order valence-corrected chi connectivity index (χ2v) is 20.2. The van der Waals surface area contributed by atoms with Crippen LogP contribution >= 0.6 is 0 Å². The minimum atomic E-state index is -0.999. The van der Waals surface area contributed by atoms with Crippen LogP contribution in [0.2, 0.25) is 0 Å². The fourth-order valence-electron chi connectivity index (χ4n) is 12.4. The van der Waals surface area contributed by atoms with Gasteiger partial charge in [-0.15, -0.1) is 0 Å². The maximum atomic E-state index is 14.6. The van der Waals surface area contributed by atoms with Gasteiger partial charge in [-0.2, -0.15) is 0 Å². The first-order valence-corrected chi connectivity index (χ1v) is 20.9. The van der Waals surface area contributed by atoms with Gasteiger partial charge in [-0.05, 0) is 114 Å². The van der Waals surface area contributed by atoms with Gasteiger partial charge in [0.15, 0.2) is 0 Å². The Labute approximate surface area is 340 Å². The van der Waals surface area contributed by atoms with E-state index in [9.17, 15) is 24.3 Å². The highest BCUT2D eigenvalue weighted by Gasteiger charge is 2.72. The molecule has 2 aromatic rings. The molecule has 6 rings (SSSR count). The van der Waals surface area contributed by atoms with E-state index < -0.39 is 63.1 Å². The second-order valence-electron chi connectivity index (χ2n) is 20.2. The average Bonchev–Trinajstić information content (AvgIpc) is 3.13. The number of carbonyl (C=O) groups is 4. The van der Waals surface area contributed by atoms with Gasteiger partial charge in [0, 0.05) is 56.8 Å². The molecule has 3 fully saturated rings. The van der Waals surface area contributed by atoms with Crippen LogP contribution in [0.3, 0.4) is 0 Å². The molecule has 0 spiro atoms. The van der Waals surface area contributed by atoms with E-state index in [1.807, 2.05) is 76.1 Å². The van der Waals surface area contributed by atoms with Crippen LogP contribution in [0.25, 0.3) is 0 Å². The monoisotopic (exact) mass is 782 g/mol. The molecular weight excluding hydrogens is 717 g/mol. The van der Waals surface area contributed by atoms with E-state index in [1.165, 1.54) is 5.57 Å². The number of anilines is 2. The Bertz CT molecular complexity index is 1930. The largest absolute Gasteiger partial charge is 0.481 e. The zero-order chi connectivity index (χ0) is 42.2. The summed E-state index contributed by atoms with van der Waals surface area (Å²) in [4.78, 5) is 60.1. The molecule has 0 amide bonds. The molecule has 9 nitrogen and oxygen atoms in total. The van der Waals surface area contributed by atoms with E-state index in [0.717, 1.165) is 24.2 Å². The van der Waals surface area contributed by atoms with Gasteiger partial charge in [-0.1, -0.05) is 74.0 Å². The maximum Gasteiger partial charge on any atom is 0.338 e. The molecule has 2 aromatic carbocycles. The first-order chi connectivity index (χ1) is 26.4. The summed E-state index contributed by atoms with van der Waals surface area (Å²) in [5.74, 6) is -2.59. The highest BCUT2D eigenvalue weighted by Crippen LogP contribution is 2.73. The molecule has 0 radical (unpaired) electrons. The summed E-state index contributed by atoms with van der Waals surface area (Å²) in [7, 11) is 7.77. The number of fused-ring (bicyclic) bond motifs is 5. The Morgan fingerprint density at radius 2 is 1.26 bits per heavy atom. The molecule has 10 atom stereocenters.